The summed E-state index contributed by atoms with van der Waals surface area (Å²) in [6.07, 6.45) is 2.45. The maximum Gasteiger partial charge on any atom is 0.263 e. The fourth-order valence-electron chi connectivity index (χ4n) is 2.80. The Morgan fingerprint density at radius 3 is 2.93 bits per heavy atom. The number of thioether (sulfide) groups is 1. The number of rotatable bonds is 9. The van der Waals surface area contributed by atoms with Crippen LogP contribution in [0.4, 0.5) is 0 Å². The van der Waals surface area contributed by atoms with Crippen LogP contribution in [0.15, 0.2) is 28.3 Å². The molecule has 0 aliphatic heterocycles. The van der Waals surface area contributed by atoms with Crippen LogP contribution in [0.2, 0.25) is 0 Å². The van der Waals surface area contributed by atoms with Gasteiger partial charge >= 0.3 is 0 Å². The third kappa shape index (κ3) is 4.34. The van der Waals surface area contributed by atoms with Crippen LogP contribution in [-0.2, 0) is 11.3 Å². The van der Waals surface area contributed by atoms with Crippen LogP contribution >= 0.6 is 23.1 Å². The van der Waals surface area contributed by atoms with Gasteiger partial charge in [0.2, 0.25) is 0 Å². The molecule has 0 radical (unpaired) electrons. The molecule has 0 aliphatic rings. The van der Waals surface area contributed by atoms with E-state index >= 15 is 0 Å². The highest BCUT2D eigenvalue weighted by atomic mass is 32.2. The van der Waals surface area contributed by atoms with Crippen LogP contribution in [0.25, 0.3) is 10.2 Å². The third-order valence-electron chi connectivity index (χ3n) is 4.36. The van der Waals surface area contributed by atoms with Crippen LogP contribution in [0, 0.1) is 13.8 Å². The number of nitrogens with zero attached hydrogens (tertiary/aromatic N) is 2. The summed E-state index contributed by atoms with van der Waals surface area (Å²) >= 11 is 2.84. The standard InChI is InChI=1S/C19H23N3O3S2/c1-4-25-10-6-9-22-18(24)16-12(2)13(3)27-17(16)21-19(22)26-11-15(23)14-7-5-8-20-14/h5,7-8,20H,4,6,9-11H2,1-3H3. The second kappa shape index (κ2) is 8.86. The molecule has 144 valence electrons. The maximum atomic E-state index is 13.1. The van der Waals surface area contributed by atoms with Gasteiger partial charge in [0.25, 0.3) is 5.56 Å². The number of ketones is 1. The molecule has 3 aromatic rings. The summed E-state index contributed by atoms with van der Waals surface area (Å²) in [5.41, 5.74) is 1.52. The normalized spacial score (nSPS) is 11.4. The van der Waals surface area contributed by atoms with E-state index in [9.17, 15) is 9.59 Å². The summed E-state index contributed by atoms with van der Waals surface area (Å²) < 4.78 is 7.09. The zero-order valence-corrected chi connectivity index (χ0v) is 17.3. The van der Waals surface area contributed by atoms with E-state index in [0.717, 1.165) is 21.7 Å². The minimum Gasteiger partial charge on any atom is -0.382 e. The van der Waals surface area contributed by atoms with Crippen LogP contribution < -0.4 is 5.56 Å². The third-order valence-corrected chi connectivity index (χ3v) is 6.44. The first-order valence-corrected chi connectivity index (χ1v) is 10.7. The van der Waals surface area contributed by atoms with Gasteiger partial charge in [-0.15, -0.1) is 11.3 Å². The van der Waals surface area contributed by atoms with Gasteiger partial charge in [-0.1, -0.05) is 11.8 Å². The van der Waals surface area contributed by atoms with Crippen LogP contribution in [-0.4, -0.2) is 39.3 Å². The molecule has 8 heteroatoms. The second-order valence-electron chi connectivity index (χ2n) is 6.16. The first kappa shape index (κ1) is 19.9. The largest absolute Gasteiger partial charge is 0.382 e. The van der Waals surface area contributed by atoms with Crippen molar-refractivity contribution >= 4 is 39.1 Å². The number of carbonyl (C=O) groups is 1. The number of ether oxygens (including phenoxy) is 1. The molecule has 0 fully saturated rings. The Morgan fingerprint density at radius 1 is 1.41 bits per heavy atom. The molecule has 0 atom stereocenters. The quantitative estimate of drug-likeness (QED) is 0.254. The van der Waals surface area contributed by atoms with E-state index in [1.165, 1.54) is 23.1 Å². The van der Waals surface area contributed by atoms with Crippen molar-refractivity contribution in [3.05, 3.63) is 44.8 Å². The van der Waals surface area contributed by atoms with E-state index < -0.39 is 0 Å². The molecule has 0 amide bonds. The number of nitrogens with one attached hydrogen (secondary N) is 1. The summed E-state index contributed by atoms with van der Waals surface area (Å²) in [6.45, 7) is 7.68. The fourth-order valence-corrected chi connectivity index (χ4v) is 4.78. The van der Waals surface area contributed by atoms with Crippen LogP contribution in [0.3, 0.4) is 0 Å². The van der Waals surface area contributed by atoms with Crippen molar-refractivity contribution in [1.29, 1.82) is 0 Å². The SMILES string of the molecule is CCOCCCn1c(SCC(=O)c2ccc[nH]2)nc2sc(C)c(C)c2c1=O. The van der Waals surface area contributed by atoms with E-state index in [1.54, 1.807) is 22.9 Å². The zero-order chi connectivity index (χ0) is 19.4. The van der Waals surface area contributed by atoms with Crippen molar-refractivity contribution < 1.29 is 9.53 Å². The molecule has 1 N–H and O–H groups in total. The van der Waals surface area contributed by atoms with Crippen molar-refractivity contribution in [1.82, 2.24) is 14.5 Å². The highest BCUT2D eigenvalue weighted by Gasteiger charge is 2.18. The second-order valence-corrected chi connectivity index (χ2v) is 8.31. The zero-order valence-electron chi connectivity index (χ0n) is 15.7. The van der Waals surface area contributed by atoms with Crippen molar-refractivity contribution in [3.63, 3.8) is 0 Å². The molecule has 0 aliphatic carbocycles. The lowest BCUT2D eigenvalue weighted by Gasteiger charge is -2.12. The average molecular weight is 406 g/mol. The molecule has 0 bridgehead atoms. The van der Waals surface area contributed by atoms with E-state index in [0.29, 0.717) is 36.0 Å². The molecular formula is C19H23N3O3S2. The lowest BCUT2D eigenvalue weighted by atomic mass is 10.2. The number of carbonyl (C=O) groups excluding carboxylic acids is 1. The Labute approximate surface area is 166 Å². The predicted octanol–water partition coefficient (Wildman–Crippen LogP) is 3.80. The Hall–Kier alpha value is -1.90. The number of aromatic nitrogens is 3. The number of aryl methyl sites for hydroxylation is 2. The first-order valence-electron chi connectivity index (χ1n) is 8.90. The van der Waals surface area contributed by atoms with Gasteiger partial charge in [-0.25, -0.2) is 4.98 Å². The summed E-state index contributed by atoms with van der Waals surface area (Å²) in [6, 6.07) is 3.55. The number of hydrogen-bond acceptors (Lipinski definition) is 6. The van der Waals surface area contributed by atoms with E-state index in [4.69, 9.17) is 9.72 Å². The summed E-state index contributed by atoms with van der Waals surface area (Å²) in [4.78, 5) is 34.9. The highest BCUT2D eigenvalue weighted by molar-refractivity contribution is 7.99. The van der Waals surface area contributed by atoms with Gasteiger partial charge in [-0.05, 0) is 44.9 Å². The summed E-state index contributed by atoms with van der Waals surface area (Å²) in [5, 5.41) is 1.28. The lowest BCUT2D eigenvalue weighted by Crippen LogP contribution is -2.24. The van der Waals surface area contributed by atoms with E-state index in [2.05, 4.69) is 4.98 Å². The maximum absolute atomic E-state index is 13.1. The van der Waals surface area contributed by atoms with Gasteiger partial charge in [0.1, 0.15) is 4.83 Å². The number of aromatic amines is 1. The minimum atomic E-state index is -0.0341. The van der Waals surface area contributed by atoms with Crippen molar-refractivity contribution in [2.75, 3.05) is 19.0 Å². The van der Waals surface area contributed by atoms with Crippen LogP contribution in [0.1, 0.15) is 34.3 Å². The Bertz CT molecular complexity index is 990. The van der Waals surface area contributed by atoms with E-state index in [1.807, 2.05) is 20.8 Å². The smallest absolute Gasteiger partial charge is 0.263 e. The molecule has 3 heterocycles. The molecule has 3 rings (SSSR count). The van der Waals surface area contributed by atoms with Gasteiger partial charge in [0, 0.05) is 30.8 Å². The number of hydrogen-bond donors (Lipinski definition) is 1. The van der Waals surface area contributed by atoms with Crippen molar-refractivity contribution in [2.24, 2.45) is 0 Å². The minimum absolute atomic E-state index is 0.0150. The van der Waals surface area contributed by atoms with Gasteiger partial charge in [0.05, 0.1) is 16.8 Å². The van der Waals surface area contributed by atoms with Crippen molar-refractivity contribution in [2.45, 2.75) is 38.9 Å². The van der Waals surface area contributed by atoms with Gasteiger partial charge in [-0.2, -0.15) is 0 Å². The molecule has 6 nitrogen and oxygen atoms in total. The molecule has 3 aromatic heterocycles. The average Bonchev–Trinajstić information content (AvgIpc) is 3.27. The molecule has 0 aromatic carbocycles. The van der Waals surface area contributed by atoms with Gasteiger partial charge in [0.15, 0.2) is 10.9 Å². The molecule has 0 spiro atoms. The molecular weight excluding hydrogens is 382 g/mol. The Kier molecular flexibility index (Phi) is 6.51. The number of H-pyrrole nitrogens is 1. The molecule has 0 unspecified atom stereocenters. The fraction of sp³-hybridized carbons (Fsp3) is 0.421. The topological polar surface area (TPSA) is 77.0 Å². The van der Waals surface area contributed by atoms with Crippen molar-refractivity contribution in [3.8, 4) is 0 Å². The molecule has 27 heavy (non-hydrogen) atoms. The number of Topliss-reactive ketones (excluding diaryl/α,β-unsaturated/α-hetero) is 1. The number of thiophene rings is 1. The summed E-state index contributed by atoms with van der Waals surface area (Å²) in [7, 11) is 0. The first-order chi connectivity index (χ1) is 13.0. The Morgan fingerprint density at radius 2 is 2.22 bits per heavy atom. The molecule has 0 saturated heterocycles. The Balaban J connectivity index is 1.90. The van der Waals surface area contributed by atoms with E-state index in [-0.39, 0.29) is 17.1 Å². The molecule has 0 saturated carbocycles. The van der Waals surface area contributed by atoms with Gasteiger partial charge in [-0.3, -0.25) is 14.2 Å². The number of fused-ring (bicyclic) bond motifs is 1. The summed E-state index contributed by atoms with van der Waals surface area (Å²) in [5.74, 6) is 0.214. The van der Waals surface area contributed by atoms with Gasteiger partial charge < -0.3 is 9.72 Å². The highest BCUT2D eigenvalue weighted by Crippen LogP contribution is 2.28. The predicted molar refractivity (Wildman–Crippen MR) is 110 cm³/mol. The monoisotopic (exact) mass is 405 g/mol. The van der Waals surface area contributed by atoms with Crippen LogP contribution in [0.5, 0.6) is 0 Å². The lowest BCUT2D eigenvalue weighted by molar-refractivity contribution is 0.101.